The second kappa shape index (κ2) is 4.84. The minimum atomic E-state index is 0.186. The highest BCUT2D eigenvalue weighted by Crippen LogP contribution is 2.23. The Morgan fingerprint density at radius 1 is 1.46 bits per heavy atom. The summed E-state index contributed by atoms with van der Waals surface area (Å²) >= 11 is 0. The van der Waals surface area contributed by atoms with Crippen molar-refractivity contribution in [2.45, 2.75) is 5.92 Å². The minimum absolute atomic E-state index is 0.186. The van der Waals surface area contributed by atoms with Gasteiger partial charge >= 0.3 is 0 Å². The van der Waals surface area contributed by atoms with Crippen LogP contribution >= 0.6 is 0 Å². The number of nitrogens with one attached hydrogen (secondary N) is 1. The Balaban J connectivity index is 2.84. The number of para-hydroxylation sites is 1. The van der Waals surface area contributed by atoms with Gasteiger partial charge < -0.3 is 16.2 Å². The maximum Gasteiger partial charge on any atom is 0.119 e. The Kier molecular flexibility index (Phi) is 3.73. The molecule has 0 aliphatic rings. The summed E-state index contributed by atoms with van der Waals surface area (Å²) in [6.45, 7) is 1.33. The first-order valence-corrected chi connectivity index (χ1v) is 4.42. The van der Waals surface area contributed by atoms with E-state index in [1.807, 2.05) is 25.2 Å². The molecule has 3 heteroatoms. The Morgan fingerprint density at radius 3 is 2.69 bits per heavy atom. The second-order valence-electron chi connectivity index (χ2n) is 3.05. The number of hydrogen-bond acceptors (Lipinski definition) is 3. The van der Waals surface area contributed by atoms with E-state index in [-0.39, 0.29) is 5.92 Å². The molecular formula is C10H16N2O. The summed E-state index contributed by atoms with van der Waals surface area (Å²) in [5.41, 5.74) is 6.52. The predicted octanol–water partition coefficient (Wildman–Crippen LogP) is 0.654. The van der Waals surface area contributed by atoms with Crippen molar-refractivity contribution >= 4 is 0 Å². The summed E-state index contributed by atoms with van der Waals surface area (Å²) in [6.07, 6.45) is 0. The van der Waals surface area contributed by atoms with Gasteiger partial charge in [0.1, 0.15) is 5.75 Å². The SMILES string of the molecule is CNCC(CN)c1ccccc1O. The molecule has 0 aliphatic heterocycles. The number of benzene rings is 1. The molecule has 1 aromatic carbocycles. The van der Waals surface area contributed by atoms with Crippen molar-refractivity contribution in [3.8, 4) is 5.75 Å². The number of rotatable bonds is 4. The van der Waals surface area contributed by atoms with Gasteiger partial charge in [-0.05, 0) is 18.7 Å². The van der Waals surface area contributed by atoms with Crippen molar-refractivity contribution in [1.82, 2.24) is 5.32 Å². The maximum absolute atomic E-state index is 9.56. The highest BCUT2D eigenvalue weighted by atomic mass is 16.3. The standard InChI is InChI=1S/C10H16N2O/c1-12-7-8(6-11)9-4-2-3-5-10(9)13/h2-5,8,12-13H,6-7,11H2,1H3. The first kappa shape index (κ1) is 10.0. The fraction of sp³-hybridized carbons (Fsp3) is 0.400. The molecule has 0 aliphatic carbocycles. The van der Waals surface area contributed by atoms with E-state index >= 15 is 0 Å². The molecule has 0 amide bonds. The number of nitrogens with two attached hydrogens (primary N) is 1. The summed E-state index contributed by atoms with van der Waals surface area (Å²) in [4.78, 5) is 0. The Hall–Kier alpha value is -1.06. The second-order valence-corrected chi connectivity index (χ2v) is 3.05. The monoisotopic (exact) mass is 180 g/mol. The van der Waals surface area contributed by atoms with E-state index in [1.54, 1.807) is 6.07 Å². The molecule has 0 saturated carbocycles. The van der Waals surface area contributed by atoms with Gasteiger partial charge in [-0.15, -0.1) is 0 Å². The van der Waals surface area contributed by atoms with E-state index in [0.717, 1.165) is 12.1 Å². The average Bonchev–Trinajstić information content (AvgIpc) is 2.16. The molecule has 0 aromatic heterocycles. The number of phenolic OH excluding ortho intramolecular Hbond substituents is 1. The summed E-state index contributed by atoms with van der Waals surface area (Å²) in [5, 5.41) is 12.6. The summed E-state index contributed by atoms with van der Waals surface area (Å²) < 4.78 is 0. The lowest BCUT2D eigenvalue weighted by Gasteiger charge is -2.15. The van der Waals surface area contributed by atoms with Crippen LogP contribution < -0.4 is 11.1 Å². The van der Waals surface area contributed by atoms with E-state index in [0.29, 0.717) is 12.3 Å². The summed E-state index contributed by atoms with van der Waals surface area (Å²) in [5.74, 6) is 0.513. The first-order chi connectivity index (χ1) is 6.29. The van der Waals surface area contributed by atoms with Crippen LogP contribution in [-0.4, -0.2) is 25.2 Å². The lowest BCUT2D eigenvalue weighted by molar-refractivity contribution is 0.459. The minimum Gasteiger partial charge on any atom is -0.508 e. The van der Waals surface area contributed by atoms with Crippen LogP contribution in [0.25, 0.3) is 0 Å². The maximum atomic E-state index is 9.56. The molecule has 3 nitrogen and oxygen atoms in total. The molecule has 0 heterocycles. The number of aromatic hydroxyl groups is 1. The topological polar surface area (TPSA) is 58.3 Å². The number of hydrogen-bond donors (Lipinski definition) is 3. The van der Waals surface area contributed by atoms with Gasteiger partial charge in [0.15, 0.2) is 0 Å². The third-order valence-electron chi connectivity index (χ3n) is 2.11. The van der Waals surface area contributed by atoms with Gasteiger partial charge in [0, 0.05) is 19.0 Å². The molecule has 1 unspecified atom stereocenters. The van der Waals surface area contributed by atoms with Gasteiger partial charge in [-0.1, -0.05) is 18.2 Å². The third kappa shape index (κ3) is 2.44. The summed E-state index contributed by atoms with van der Waals surface area (Å²) in [6, 6.07) is 7.32. The van der Waals surface area contributed by atoms with E-state index in [4.69, 9.17) is 5.73 Å². The van der Waals surface area contributed by atoms with Crippen LogP contribution in [0.5, 0.6) is 5.75 Å². The molecule has 1 atom stereocenters. The van der Waals surface area contributed by atoms with Crippen LogP contribution in [0.15, 0.2) is 24.3 Å². The van der Waals surface area contributed by atoms with Crippen molar-refractivity contribution in [3.63, 3.8) is 0 Å². The van der Waals surface area contributed by atoms with Crippen molar-refractivity contribution in [3.05, 3.63) is 29.8 Å². The molecule has 0 fully saturated rings. The van der Waals surface area contributed by atoms with E-state index < -0.39 is 0 Å². The van der Waals surface area contributed by atoms with Crippen LogP contribution in [0.4, 0.5) is 0 Å². The van der Waals surface area contributed by atoms with Crippen LogP contribution in [0.2, 0.25) is 0 Å². The molecule has 1 rings (SSSR count). The zero-order valence-corrected chi connectivity index (χ0v) is 7.83. The lowest BCUT2D eigenvalue weighted by Crippen LogP contribution is -2.23. The van der Waals surface area contributed by atoms with Gasteiger partial charge in [-0.25, -0.2) is 0 Å². The molecule has 1 aromatic rings. The van der Waals surface area contributed by atoms with E-state index in [9.17, 15) is 5.11 Å². The van der Waals surface area contributed by atoms with Crippen molar-refractivity contribution in [2.24, 2.45) is 5.73 Å². The van der Waals surface area contributed by atoms with Crippen molar-refractivity contribution in [1.29, 1.82) is 0 Å². The normalized spacial score (nSPS) is 12.8. The molecule has 13 heavy (non-hydrogen) atoms. The first-order valence-electron chi connectivity index (χ1n) is 4.42. The zero-order chi connectivity index (χ0) is 9.68. The van der Waals surface area contributed by atoms with E-state index in [1.165, 1.54) is 0 Å². The quantitative estimate of drug-likeness (QED) is 0.637. The summed E-state index contributed by atoms with van der Waals surface area (Å²) in [7, 11) is 1.88. The highest BCUT2D eigenvalue weighted by molar-refractivity contribution is 5.35. The van der Waals surface area contributed by atoms with Gasteiger partial charge in [0.05, 0.1) is 0 Å². The van der Waals surface area contributed by atoms with Crippen LogP contribution in [-0.2, 0) is 0 Å². The molecule has 0 saturated heterocycles. The number of phenols is 1. The predicted molar refractivity (Wildman–Crippen MR) is 53.8 cm³/mol. The smallest absolute Gasteiger partial charge is 0.119 e. The van der Waals surface area contributed by atoms with Gasteiger partial charge in [-0.2, -0.15) is 0 Å². The van der Waals surface area contributed by atoms with Gasteiger partial charge in [0.2, 0.25) is 0 Å². The average molecular weight is 180 g/mol. The van der Waals surface area contributed by atoms with Crippen LogP contribution in [0.1, 0.15) is 11.5 Å². The highest BCUT2D eigenvalue weighted by Gasteiger charge is 2.11. The molecule has 72 valence electrons. The third-order valence-corrected chi connectivity index (χ3v) is 2.11. The Bertz CT molecular complexity index is 263. The molecular weight excluding hydrogens is 164 g/mol. The Labute approximate surface area is 78.6 Å². The number of likely N-dealkylation sites (N-methyl/N-ethyl adjacent to an activating group) is 1. The van der Waals surface area contributed by atoms with E-state index in [2.05, 4.69) is 5.32 Å². The zero-order valence-electron chi connectivity index (χ0n) is 7.83. The van der Waals surface area contributed by atoms with Gasteiger partial charge in [-0.3, -0.25) is 0 Å². The molecule has 0 bridgehead atoms. The molecule has 4 N–H and O–H groups in total. The largest absolute Gasteiger partial charge is 0.508 e. The van der Waals surface area contributed by atoms with Crippen molar-refractivity contribution < 1.29 is 5.11 Å². The molecule has 0 spiro atoms. The fourth-order valence-electron chi connectivity index (χ4n) is 1.40. The lowest BCUT2D eigenvalue weighted by atomic mass is 9.98. The van der Waals surface area contributed by atoms with Crippen LogP contribution in [0, 0.1) is 0 Å². The molecule has 0 radical (unpaired) electrons. The fourth-order valence-corrected chi connectivity index (χ4v) is 1.40. The van der Waals surface area contributed by atoms with Crippen LogP contribution in [0.3, 0.4) is 0 Å². The van der Waals surface area contributed by atoms with Crippen molar-refractivity contribution in [2.75, 3.05) is 20.1 Å². The van der Waals surface area contributed by atoms with Gasteiger partial charge in [0.25, 0.3) is 0 Å². The Morgan fingerprint density at radius 2 is 2.15 bits per heavy atom.